The zero-order chi connectivity index (χ0) is 19.3. The van der Waals surface area contributed by atoms with Gasteiger partial charge in [-0.15, -0.1) is 0 Å². The average Bonchev–Trinajstić information content (AvgIpc) is 3.19. The van der Waals surface area contributed by atoms with Gasteiger partial charge in [0, 0.05) is 18.0 Å². The lowest BCUT2D eigenvalue weighted by atomic mass is 9.90. The number of benzene rings is 2. The first-order valence-electron chi connectivity index (χ1n) is 10.0. The smallest absolute Gasteiger partial charge is 0.410 e. The van der Waals surface area contributed by atoms with Crippen LogP contribution in [0.25, 0.3) is 11.1 Å². The van der Waals surface area contributed by atoms with Crippen LogP contribution >= 0.6 is 0 Å². The van der Waals surface area contributed by atoms with Crippen molar-refractivity contribution in [1.29, 1.82) is 0 Å². The molecule has 2 fully saturated rings. The molecule has 5 heteroatoms. The molecule has 1 aliphatic carbocycles. The third-order valence-corrected chi connectivity index (χ3v) is 6.69. The zero-order valence-electron chi connectivity index (χ0n) is 15.6. The van der Waals surface area contributed by atoms with Gasteiger partial charge in [0.2, 0.25) is 0 Å². The predicted molar refractivity (Wildman–Crippen MR) is 104 cm³/mol. The molecule has 3 aliphatic rings. The molecule has 0 spiro atoms. The van der Waals surface area contributed by atoms with Gasteiger partial charge in [0.05, 0.1) is 5.92 Å². The number of carboxylic acids is 1. The summed E-state index contributed by atoms with van der Waals surface area (Å²) in [6.45, 7) is 0.278. The molecule has 0 saturated carbocycles. The molecule has 2 heterocycles. The lowest BCUT2D eigenvalue weighted by molar-refractivity contribution is -0.145. The molecule has 144 valence electrons. The highest BCUT2D eigenvalue weighted by Crippen LogP contribution is 2.45. The van der Waals surface area contributed by atoms with E-state index in [2.05, 4.69) is 24.3 Å². The van der Waals surface area contributed by atoms with Gasteiger partial charge in [-0.05, 0) is 47.9 Å². The Morgan fingerprint density at radius 3 is 2.18 bits per heavy atom. The first kappa shape index (κ1) is 17.3. The van der Waals surface area contributed by atoms with Crippen LogP contribution < -0.4 is 0 Å². The number of nitrogens with zero attached hydrogens (tertiary/aromatic N) is 1. The molecule has 5 nitrogen and oxygen atoms in total. The van der Waals surface area contributed by atoms with Crippen LogP contribution in [0.4, 0.5) is 4.79 Å². The third-order valence-electron chi connectivity index (χ3n) is 6.69. The molecule has 5 rings (SSSR count). The number of hydrogen-bond acceptors (Lipinski definition) is 3. The predicted octanol–water partition coefficient (Wildman–Crippen LogP) is 4.26. The van der Waals surface area contributed by atoms with E-state index in [1.54, 1.807) is 4.90 Å². The molecule has 2 aliphatic heterocycles. The normalized spacial score (nSPS) is 25.3. The lowest BCUT2D eigenvalue weighted by Crippen LogP contribution is -2.50. The van der Waals surface area contributed by atoms with Gasteiger partial charge < -0.3 is 14.7 Å². The summed E-state index contributed by atoms with van der Waals surface area (Å²) < 4.78 is 5.78. The monoisotopic (exact) mass is 377 g/mol. The lowest BCUT2D eigenvalue weighted by Gasteiger charge is -2.37. The van der Waals surface area contributed by atoms with Crippen molar-refractivity contribution in [3.05, 3.63) is 59.7 Å². The van der Waals surface area contributed by atoms with Crippen molar-refractivity contribution in [1.82, 2.24) is 4.90 Å². The van der Waals surface area contributed by atoms with Gasteiger partial charge in [-0.1, -0.05) is 48.5 Å². The van der Waals surface area contributed by atoms with Gasteiger partial charge in [-0.25, -0.2) is 4.79 Å². The summed E-state index contributed by atoms with van der Waals surface area (Å²) >= 11 is 0. The van der Waals surface area contributed by atoms with Crippen molar-refractivity contribution in [3.63, 3.8) is 0 Å². The SMILES string of the molecule is O=C(O)C1CCC2CCC1N2C(=O)OCC1c2ccccc2-c2ccccc21. The van der Waals surface area contributed by atoms with Gasteiger partial charge >= 0.3 is 12.1 Å². The van der Waals surface area contributed by atoms with Crippen LogP contribution in [-0.2, 0) is 9.53 Å². The second-order valence-corrected chi connectivity index (χ2v) is 8.03. The highest BCUT2D eigenvalue weighted by molar-refractivity contribution is 5.79. The molecule has 2 aromatic carbocycles. The summed E-state index contributed by atoms with van der Waals surface area (Å²) in [6.07, 6.45) is 2.67. The number of carbonyl (C=O) groups is 2. The molecule has 2 aromatic rings. The first-order valence-corrected chi connectivity index (χ1v) is 10.0. The Morgan fingerprint density at radius 2 is 1.54 bits per heavy atom. The molecule has 0 radical (unpaired) electrons. The highest BCUT2D eigenvalue weighted by atomic mass is 16.6. The Hall–Kier alpha value is -2.82. The Morgan fingerprint density at radius 1 is 0.929 bits per heavy atom. The van der Waals surface area contributed by atoms with Crippen molar-refractivity contribution < 1.29 is 19.4 Å². The van der Waals surface area contributed by atoms with Crippen molar-refractivity contribution in [2.75, 3.05) is 6.61 Å². The quantitative estimate of drug-likeness (QED) is 0.868. The number of carbonyl (C=O) groups excluding carboxylic acids is 1. The standard InChI is InChI=1S/C23H23NO4/c25-22(26)19-11-9-14-10-12-21(19)24(14)23(27)28-13-20-17-7-3-1-5-15(17)16-6-2-4-8-18(16)20/h1-8,14,19-21H,9-13H2,(H,25,26). The molecule has 1 amide bonds. The van der Waals surface area contributed by atoms with Crippen LogP contribution in [0.15, 0.2) is 48.5 Å². The Balaban J connectivity index is 1.36. The molecule has 28 heavy (non-hydrogen) atoms. The molecular formula is C23H23NO4. The van der Waals surface area contributed by atoms with Crippen LogP contribution in [0.5, 0.6) is 0 Å². The van der Waals surface area contributed by atoms with Crippen LogP contribution in [0.3, 0.4) is 0 Å². The van der Waals surface area contributed by atoms with Crippen molar-refractivity contribution in [2.24, 2.45) is 5.92 Å². The summed E-state index contributed by atoms with van der Waals surface area (Å²) in [5, 5.41) is 9.50. The van der Waals surface area contributed by atoms with Crippen molar-refractivity contribution in [3.8, 4) is 11.1 Å². The molecular weight excluding hydrogens is 354 g/mol. The number of amides is 1. The van der Waals surface area contributed by atoms with E-state index in [1.165, 1.54) is 22.3 Å². The first-order chi connectivity index (χ1) is 13.6. The summed E-state index contributed by atoms with van der Waals surface area (Å²) in [7, 11) is 0. The highest BCUT2D eigenvalue weighted by Gasteiger charge is 2.48. The van der Waals surface area contributed by atoms with E-state index in [-0.39, 0.29) is 30.7 Å². The van der Waals surface area contributed by atoms with E-state index in [9.17, 15) is 14.7 Å². The van der Waals surface area contributed by atoms with Crippen molar-refractivity contribution in [2.45, 2.75) is 43.7 Å². The average molecular weight is 377 g/mol. The maximum atomic E-state index is 12.9. The second-order valence-electron chi connectivity index (χ2n) is 8.03. The Kier molecular flexibility index (Phi) is 4.11. The molecule has 0 aromatic heterocycles. The summed E-state index contributed by atoms with van der Waals surface area (Å²) in [5.74, 6) is -1.25. The summed E-state index contributed by atoms with van der Waals surface area (Å²) in [6, 6.07) is 16.4. The number of ether oxygens (including phenoxy) is 1. The van der Waals surface area contributed by atoms with Crippen LogP contribution in [0, 0.1) is 5.92 Å². The second kappa shape index (κ2) is 6.66. The Bertz CT molecular complexity index is 894. The number of hydrogen-bond donors (Lipinski definition) is 1. The van der Waals surface area contributed by atoms with Gasteiger partial charge in [-0.2, -0.15) is 0 Å². The van der Waals surface area contributed by atoms with Gasteiger partial charge in [0.25, 0.3) is 0 Å². The molecule has 3 atom stereocenters. The summed E-state index contributed by atoms with van der Waals surface area (Å²) in [4.78, 5) is 26.2. The van der Waals surface area contributed by atoms with Crippen LogP contribution in [0.2, 0.25) is 0 Å². The Labute approximate surface area is 163 Å². The number of rotatable bonds is 3. The maximum Gasteiger partial charge on any atom is 0.410 e. The van der Waals surface area contributed by atoms with E-state index < -0.39 is 11.9 Å². The van der Waals surface area contributed by atoms with E-state index in [4.69, 9.17) is 4.74 Å². The molecule has 3 unspecified atom stereocenters. The van der Waals surface area contributed by atoms with E-state index in [1.807, 2.05) is 24.3 Å². The van der Waals surface area contributed by atoms with E-state index >= 15 is 0 Å². The third kappa shape index (κ3) is 2.60. The van der Waals surface area contributed by atoms with Gasteiger partial charge in [-0.3, -0.25) is 4.79 Å². The summed E-state index contributed by atoms with van der Waals surface area (Å²) in [5.41, 5.74) is 4.76. The minimum Gasteiger partial charge on any atom is -0.481 e. The molecule has 1 N–H and O–H groups in total. The molecule has 2 saturated heterocycles. The van der Waals surface area contributed by atoms with E-state index in [0.717, 1.165) is 19.3 Å². The van der Waals surface area contributed by atoms with Crippen molar-refractivity contribution >= 4 is 12.1 Å². The van der Waals surface area contributed by atoms with Crippen LogP contribution in [-0.4, -0.2) is 40.8 Å². The topological polar surface area (TPSA) is 66.8 Å². The fourth-order valence-corrected chi connectivity index (χ4v) is 5.40. The van der Waals surface area contributed by atoms with E-state index in [0.29, 0.717) is 6.42 Å². The number of fused-ring (bicyclic) bond motifs is 5. The number of piperidine rings is 1. The number of carboxylic acid groups (broad SMARTS) is 1. The zero-order valence-corrected chi connectivity index (χ0v) is 15.6. The van der Waals surface area contributed by atoms with Crippen LogP contribution in [0.1, 0.15) is 42.7 Å². The van der Waals surface area contributed by atoms with Gasteiger partial charge in [0.1, 0.15) is 6.61 Å². The molecule has 2 bridgehead atoms. The fourth-order valence-electron chi connectivity index (χ4n) is 5.40. The minimum absolute atomic E-state index is 0.0223. The van der Waals surface area contributed by atoms with Gasteiger partial charge in [0.15, 0.2) is 0 Å². The fraction of sp³-hybridized carbons (Fsp3) is 0.391. The minimum atomic E-state index is -0.804. The maximum absolute atomic E-state index is 12.9. The number of aliphatic carboxylic acids is 1. The largest absolute Gasteiger partial charge is 0.481 e.